The van der Waals surface area contributed by atoms with E-state index in [4.69, 9.17) is 11.6 Å². The highest BCUT2D eigenvalue weighted by Gasteiger charge is 2.17. The number of aryl methyl sites for hydroxylation is 1. The van der Waals surface area contributed by atoms with Gasteiger partial charge in [0, 0.05) is 16.8 Å². The first-order valence-electron chi connectivity index (χ1n) is 6.40. The second kappa shape index (κ2) is 5.03. The number of hydrogen-bond donors (Lipinski definition) is 1. The molecule has 92 valence electrons. The van der Waals surface area contributed by atoms with Crippen LogP contribution in [0.2, 0.25) is 5.02 Å². The van der Waals surface area contributed by atoms with Crippen molar-refractivity contribution < 1.29 is 0 Å². The van der Waals surface area contributed by atoms with Gasteiger partial charge >= 0.3 is 0 Å². The zero-order chi connectivity index (χ0) is 12.4. The van der Waals surface area contributed by atoms with E-state index in [9.17, 15) is 0 Å². The molecular formula is C16H16ClN. The van der Waals surface area contributed by atoms with Crippen molar-refractivity contribution >= 4 is 17.3 Å². The van der Waals surface area contributed by atoms with E-state index < -0.39 is 0 Å². The summed E-state index contributed by atoms with van der Waals surface area (Å²) in [5, 5.41) is 4.37. The van der Waals surface area contributed by atoms with E-state index in [-0.39, 0.29) is 0 Å². The molecule has 0 aromatic heterocycles. The second-order valence-electron chi connectivity index (χ2n) is 4.86. The molecule has 0 aliphatic heterocycles. The molecule has 0 saturated carbocycles. The molecule has 1 aliphatic carbocycles. The minimum atomic E-state index is 0.512. The minimum Gasteiger partial charge on any atom is -0.382 e. The number of benzene rings is 2. The monoisotopic (exact) mass is 257 g/mol. The highest BCUT2D eigenvalue weighted by atomic mass is 35.5. The van der Waals surface area contributed by atoms with Crippen LogP contribution < -0.4 is 5.32 Å². The van der Waals surface area contributed by atoms with Gasteiger partial charge in [-0.1, -0.05) is 41.9 Å². The van der Waals surface area contributed by atoms with Crippen LogP contribution in [0.1, 0.15) is 17.5 Å². The fraction of sp³-hybridized carbons (Fsp3) is 0.250. The van der Waals surface area contributed by atoms with Gasteiger partial charge in [0.2, 0.25) is 0 Å². The smallest absolute Gasteiger partial charge is 0.0426 e. The molecule has 0 radical (unpaired) electrons. The number of nitrogens with one attached hydrogen (secondary N) is 1. The van der Waals surface area contributed by atoms with Crippen molar-refractivity contribution in [2.24, 2.45) is 0 Å². The minimum absolute atomic E-state index is 0.512. The fourth-order valence-electron chi connectivity index (χ4n) is 2.63. The molecule has 0 amide bonds. The molecule has 0 bridgehead atoms. The topological polar surface area (TPSA) is 12.0 Å². The highest BCUT2D eigenvalue weighted by Crippen LogP contribution is 2.24. The van der Waals surface area contributed by atoms with Crippen LogP contribution in [0.3, 0.4) is 0 Å². The van der Waals surface area contributed by atoms with Crippen LogP contribution >= 0.6 is 11.6 Å². The third-order valence-corrected chi connectivity index (χ3v) is 3.78. The average Bonchev–Trinajstić information content (AvgIpc) is 2.39. The number of rotatable bonds is 2. The van der Waals surface area contributed by atoms with E-state index in [2.05, 4.69) is 35.6 Å². The molecule has 0 fully saturated rings. The third kappa shape index (κ3) is 2.51. The van der Waals surface area contributed by atoms with Crippen molar-refractivity contribution in [3.63, 3.8) is 0 Å². The summed E-state index contributed by atoms with van der Waals surface area (Å²) < 4.78 is 0. The first kappa shape index (κ1) is 11.6. The molecule has 18 heavy (non-hydrogen) atoms. The first-order chi connectivity index (χ1) is 8.81. The Labute approximate surface area is 113 Å². The number of halogens is 1. The van der Waals surface area contributed by atoms with Gasteiger partial charge in [-0.25, -0.2) is 0 Å². The van der Waals surface area contributed by atoms with E-state index in [1.807, 2.05) is 18.2 Å². The van der Waals surface area contributed by atoms with Gasteiger partial charge in [0.15, 0.2) is 0 Å². The lowest BCUT2D eigenvalue weighted by molar-refractivity contribution is 0.611. The summed E-state index contributed by atoms with van der Waals surface area (Å²) in [6, 6.07) is 17.2. The zero-order valence-electron chi connectivity index (χ0n) is 10.2. The van der Waals surface area contributed by atoms with Crippen molar-refractivity contribution in [2.75, 3.05) is 5.32 Å². The summed E-state index contributed by atoms with van der Waals surface area (Å²) in [5.41, 5.74) is 4.09. The number of hydrogen-bond acceptors (Lipinski definition) is 1. The Morgan fingerprint density at radius 1 is 1.00 bits per heavy atom. The van der Waals surface area contributed by atoms with Gasteiger partial charge in [-0.3, -0.25) is 0 Å². The Bertz CT molecular complexity index is 550. The molecule has 1 N–H and O–H groups in total. The average molecular weight is 258 g/mol. The highest BCUT2D eigenvalue weighted by molar-refractivity contribution is 6.30. The Balaban J connectivity index is 1.73. The standard InChI is InChI=1S/C16H16ClN/c17-14-6-3-7-15(11-14)18-16-9-8-12-4-1-2-5-13(12)10-16/h1-7,11,16,18H,8-10H2. The molecule has 3 rings (SSSR count). The Hall–Kier alpha value is -1.47. The van der Waals surface area contributed by atoms with E-state index in [0.717, 1.165) is 23.6 Å². The van der Waals surface area contributed by atoms with Crippen LogP contribution in [0.25, 0.3) is 0 Å². The van der Waals surface area contributed by atoms with Crippen molar-refractivity contribution in [2.45, 2.75) is 25.3 Å². The lowest BCUT2D eigenvalue weighted by atomic mass is 9.88. The van der Waals surface area contributed by atoms with Gasteiger partial charge in [-0.15, -0.1) is 0 Å². The SMILES string of the molecule is Clc1cccc(NC2CCc3ccccc3C2)c1. The molecule has 1 atom stereocenters. The summed E-state index contributed by atoms with van der Waals surface area (Å²) in [6.45, 7) is 0. The largest absolute Gasteiger partial charge is 0.382 e. The molecule has 0 heterocycles. The fourth-order valence-corrected chi connectivity index (χ4v) is 2.83. The summed E-state index contributed by atoms with van der Waals surface area (Å²) in [5.74, 6) is 0. The van der Waals surface area contributed by atoms with Gasteiger partial charge in [0.25, 0.3) is 0 Å². The second-order valence-corrected chi connectivity index (χ2v) is 5.30. The van der Waals surface area contributed by atoms with E-state index in [1.54, 1.807) is 0 Å². The third-order valence-electron chi connectivity index (χ3n) is 3.54. The molecule has 1 nitrogen and oxygen atoms in total. The maximum absolute atomic E-state index is 6.00. The van der Waals surface area contributed by atoms with Crippen molar-refractivity contribution in [1.82, 2.24) is 0 Å². The van der Waals surface area contributed by atoms with Gasteiger partial charge in [0.05, 0.1) is 0 Å². The molecule has 1 unspecified atom stereocenters. The quantitative estimate of drug-likeness (QED) is 0.845. The van der Waals surface area contributed by atoms with Gasteiger partial charge < -0.3 is 5.32 Å². The van der Waals surface area contributed by atoms with Crippen molar-refractivity contribution in [3.8, 4) is 0 Å². The Morgan fingerprint density at radius 2 is 1.83 bits per heavy atom. The molecule has 2 aromatic carbocycles. The lowest BCUT2D eigenvalue weighted by Crippen LogP contribution is -2.27. The predicted molar refractivity (Wildman–Crippen MR) is 77.3 cm³/mol. The molecule has 0 saturated heterocycles. The van der Waals surface area contributed by atoms with Crippen LogP contribution in [0, 0.1) is 0 Å². The molecule has 2 heteroatoms. The molecular weight excluding hydrogens is 242 g/mol. The van der Waals surface area contributed by atoms with E-state index >= 15 is 0 Å². The van der Waals surface area contributed by atoms with Crippen LogP contribution in [0.4, 0.5) is 5.69 Å². The maximum Gasteiger partial charge on any atom is 0.0426 e. The molecule has 1 aliphatic rings. The molecule has 2 aromatic rings. The Morgan fingerprint density at radius 3 is 2.67 bits per heavy atom. The van der Waals surface area contributed by atoms with Gasteiger partial charge in [-0.05, 0) is 48.6 Å². The maximum atomic E-state index is 6.00. The zero-order valence-corrected chi connectivity index (χ0v) is 11.0. The normalized spacial score (nSPS) is 18.2. The Kier molecular flexibility index (Phi) is 3.24. The first-order valence-corrected chi connectivity index (χ1v) is 6.78. The van der Waals surface area contributed by atoms with E-state index in [1.165, 1.54) is 17.5 Å². The number of anilines is 1. The molecule has 0 spiro atoms. The summed E-state index contributed by atoms with van der Waals surface area (Å²) in [4.78, 5) is 0. The van der Waals surface area contributed by atoms with Crippen LogP contribution in [0.5, 0.6) is 0 Å². The lowest BCUT2D eigenvalue weighted by Gasteiger charge is -2.26. The van der Waals surface area contributed by atoms with Gasteiger partial charge in [-0.2, -0.15) is 0 Å². The number of fused-ring (bicyclic) bond motifs is 1. The van der Waals surface area contributed by atoms with Gasteiger partial charge in [0.1, 0.15) is 0 Å². The summed E-state index contributed by atoms with van der Waals surface area (Å²) in [7, 11) is 0. The van der Waals surface area contributed by atoms with E-state index in [0.29, 0.717) is 6.04 Å². The van der Waals surface area contributed by atoms with Crippen LogP contribution in [-0.4, -0.2) is 6.04 Å². The summed E-state index contributed by atoms with van der Waals surface area (Å²) >= 11 is 6.00. The van der Waals surface area contributed by atoms with Crippen LogP contribution in [0.15, 0.2) is 48.5 Å². The predicted octanol–water partition coefficient (Wildman–Crippen LogP) is 4.31. The van der Waals surface area contributed by atoms with Crippen molar-refractivity contribution in [1.29, 1.82) is 0 Å². The van der Waals surface area contributed by atoms with Crippen molar-refractivity contribution in [3.05, 3.63) is 64.7 Å². The summed E-state index contributed by atoms with van der Waals surface area (Å²) in [6.07, 6.45) is 3.45. The van der Waals surface area contributed by atoms with Crippen LogP contribution in [-0.2, 0) is 12.8 Å².